The molecule has 0 saturated heterocycles. The molecule has 0 amide bonds. The molecule has 1 aromatic heterocycles. The van der Waals surface area contributed by atoms with Crippen LogP contribution >= 0.6 is 0 Å². The van der Waals surface area contributed by atoms with Crippen LogP contribution in [0.1, 0.15) is 31.7 Å². The number of aromatic nitrogens is 3. The van der Waals surface area contributed by atoms with Crippen molar-refractivity contribution in [2.45, 2.75) is 31.7 Å². The normalized spacial score (nSPS) is 29.8. The predicted molar refractivity (Wildman–Crippen MR) is 67.9 cm³/mol. The van der Waals surface area contributed by atoms with Crippen LogP contribution in [0, 0.1) is 11.8 Å². The summed E-state index contributed by atoms with van der Waals surface area (Å²) in [4.78, 5) is 32.4. The third kappa shape index (κ3) is 1.67. The van der Waals surface area contributed by atoms with Crippen molar-refractivity contribution in [3.05, 3.63) is 21.0 Å². The van der Waals surface area contributed by atoms with Gasteiger partial charge in [0, 0.05) is 20.1 Å². The van der Waals surface area contributed by atoms with Gasteiger partial charge in [-0.2, -0.15) is 4.98 Å². The molecule has 3 unspecified atom stereocenters. The number of anilines is 1. The molecule has 2 fully saturated rings. The largest absolute Gasteiger partial charge is 0.355 e. The fourth-order valence-electron chi connectivity index (χ4n) is 3.45. The highest BCUT2D eigenvalue weighted by molar-refractivity contribution is 5.23. The average Bonchev–Trinajstić information content (AvgIpc) is 2.89. The van der Waals surface area contributed by atoms with Gasteiger partial charge in [0.1, 0.15) is 0 Å². The fourth-order valence-corrected chi connectivity index (χ4v) is 3.45. The summed E-state index contributed by atoms with van der Waals surface area (Å²) in [6.07, 6.45) is 4.50. The lowest BCUT2D eigenvalue weighted by Crippen LogP contribution is -2.42. The smallest absolute Gasteiger partial charge is 0.348 e. The number of rotatable bonds is 2. The van der Waals surface area contributed by atoms with E-state index in [0.29, 0.717) is 17.8 Å². The second-order valence-corrected chi connectivity index (χ2v) is 5.65. The summed E-state index contributed by atoms with van der Waals surface area (Å²) in [7, 11) is 3.50. The second-order valence-electron chi connectivity index (χ2n) is 5.65. The lowest BCUT2D eigenvalue weighted by Gasteiger charge is -2.23. The van der Waals surface area contributed by atoms with Crippen LogP contribution in [-0.4, -0.2) is 28.6 Å². The van der Waals surface area contributed by atoms with Crippen molar-refractivity contribution in [3.63, 3.8) is 0 Å². The zero-order valence-electron chi connectivity index (χ0n) is 10.7. The Balaban J connectivity index is 2.03. The molecular formula is C12H18N4O2. The van der Waals surface area contributed by atoms with E-state index in [0.717, 1.165) is 19.3 Å². The van der Waals surface area contributed by atoms with E-state index in [9.17, 15) is 9.59 Å². The maximum absolute atomic E-state index is 12.1. The predicted octanol–water partition coefficient (Wildman–Crippen LogP) is 0.359. The molecule has 1 heterocycles. The second kappa shape index (κ2) is 3.96. The minimum Gasteiger partial charge on any atom is -0.348 e. The zero-order valence-corrected chi connectivity index (χ0v) is 10.7. The molecule has 1 N–H and O–H groups in total. The van der Waals surface area contributed by atoms with Gasteiger partial charge in [0.2, 0.25) is 5.95 Å². The Labute approximate surface area is 105 Å². The number of hydrogen-bond donors (Lipinski definition) is 1. The van der Waals surface area contributed by atoms with Crippen molar-refractivity contribution in [2.24, 2.45) is 11.8 Å². The van der Waals surface area contributed by atoms with E-state index in [4.69, 9.17) is 0 Å². The standard InChI is InChI=1S/C12H18N4O2/c1-15(2)10-13-11(17)16(12(18)14-10)9-6-7-3-4-8(9)5-7/h7-9H,3-6H2,1-2H3,(H,13,14,17,18). The third-order valence-electron chi connectivity index (χ3n) is 4.30. The summed E-state index contributed by atoms with van der Waals surface area (Å²) in [5.41, 5.74) is -0.740. The lowest BCUT2D eigenvalue weighted by molar-refractivity contribution is 0.309. The topological polar surface area (TPSA) is 71.0 Å². The van der Waals surface area contributed by atoms with E-state index in [1.807, 2.05) is 0 Å². The Bertz CT molecular complexity index is 543. The number of nitrogens with one attached hydrogen (secondary N) is 1. The van der Waals surface area contributed by atoms with Gasteiger partial charge in [0.15, 0.2) is 0 Å². The number of nitrogens with zero attached hydrogens (tertiary/aromatic N) is 3. The van der Waals surface area contributed by atoms with Crippen LogP contribution in [0.25, 0.3) is 0 Å². The van der Waals surface area contributed by atoms with Crippen LogP contribution in [0.15, 0.2) is 9.59 Å². The molecule has 2 saturated carbocycles. The number of aromatic amines is 1. The maximum atomic E-state index is 12.1. The van der Waals surface area contributed by atoms with E-state index in [1.165, 1.54) is 11.0 Å². The van der Waals surface area contributed by atoms with Gasteiger partial charge in [-0.3, -0.25) is 4.98 Å². The first kappa shape index (κ1) is 11.5. The minimum atomic E-state index is -0.417. The molecule has 3 rings (SSSR count). The molecular weight excluding hydrogens is 232 g/mol. The summed E-state index contributed by atoms with van der Waals surface area (Å²) in [6, 6.07) is 0.0590. The molecule has 3 atom stereocenters. The first-order valence-corrected chi connectivity index (χ1v) is 6.46. The van der Waals surface area contributed by atoms with E-state index in [1.54, 1.807) is 19.0 Å². The molecule has 2 aliphatic carbocycles. The molecule has 2 aliphatic rings. The summed E-state index contributed by atoms with van der Waals surface area (Å²) in [5, 5.41) is 0. The highest BCUT2D eigenvalue weighted by Gasteiger charge is 2.41. The van der Waals surface area contributed by atoms with Gasteiger partial charge in [-0.1, -0.05) is 6.42 Å². The SMILES string of the molecule is CN(C)c1nc(=O)n(C2CC3CCC2C3)c(=O)[nH]1. The Kier molecular flexibility index (Phi) is 2.53. The van der Waals surface area contributed by atoms with E-state index in [-0.39, 0.29) is 11.7 Å². The third-order valence-corrected chi connectivity index (χ3v) is 4.30. The van der Waals surface area contributed by atoms with Gasteiger partial charge in [-0.15, -0.1) is 0 Å². The first-order chi connectivity index (χ1) is 8.56. The fraction of sp³-hybridized carbons (Fsp3) is 0.750. The number of fused-ring (bicyclic) bond motifs is 2. The molecule has 6 nitrogen and oxygen atoms in total. The van der Waals surface area contributed by atoms with Crippen LogP contribution in [0.2, 0.25) is 0 Å². The molecule has 2 bridgehead atoms. The number of H-pyrrole nitrogens is 1. The van der Waals surface area contributed by atoms with Crippen LogP contribution in [0.3, 0.4) is 0 Å². The van der Waals surface area contributed by atoms with Gasteiger partial charge in [-0.25, -0.2) is 14.2 Å². The highest BCUT2D eigenvalue weighted by atomic mass is 16.2. The molecule has 6 heteroatoms. The van der Waals surface area contributed by atoms with Crippen LogP contribution in [0.4, 0.5) is 5.95 Å². The summed E-state index contributed by atoms with van der Waals surface area (Å²) in [5.74, 6) is 1.50. The van der Waals surface area contributed by atoms with E-state index in [2.05, 4.69) is 9.97 Å². The van der Waals surface area contributed by atoms with Crippen LogP contribution in [-0.2, 0) is 0 Å². The summed E-state index contributed by atoms with van der Waals surface area (Å²) in [6.45, 7) is 0. The first-order valence-electron chi connectivity index (χ1n) is 6.46. The summed E-state index contributed by atoms with van der Waals surface area (Å²) >= 11 is 0. The molecule has 0 aromatic carbocycles. The van der Waals surface area contributed by atoms with Crippen molar-refractivity contribution < 1.29 is 0 Å². The van der Waals surface area contributed by atoms with Crippen molar-refractivity contribution >= 4 is 5.95 Å². The van der Waals surface area contributed by atoms with Crippen molar-refractivity contribution in [1.82, 2.24) is 14.5 Å². The monoisotopic (exact) mass is 250 g/mol. The maximum Gasteiger partial charge on any atom is 0.355 e. The Morgan fingerprint density at radius 2 is 2.06 bits per heavy atom. The summed E-state index contributed by atoms with van der Waals surface area (Å²) < 4.78 is 1.33. The highest BCUT2D eigenvalue weighted by Crippen LogP contribution is 2.49. The quantitative estimate of drug-likeness (QED) is 0.822. The molecule has 0 spiro atoms. The van der Waals surface area contributed by atoms with Gasteiger partial charge in [0.25, 0.3) is 0 Å². The number of hydrogen-bond acceptors (Lipinski definition) is 4. The van der Waals surface area contributed by atoms with Gasteiger partial charge in [0.05, 0.1) is 0 Å². The molecule has 98 valence electrons. The van der Waals surface area contributed by atoms with E-state index >= 15 is 0 Å². The Morgan fingerprint density at radius 3 is 2.56 bits per heavy atom. The van der Waals surface area contributed by atoms with Crippen molar-refractivity contribution in [3.8, 4) is 0 Å². The molecule has 18 heavy (non-hydrogen) atoms. The Hall–Kier alpha value is -1.59. The lowest BCUT2D eigenvalue weighted by atomic mass is 9.95. The Morgan fingerprint density at radius 1 is 1.28 bits per heavy atom. The average molecular weight is 250 g/mol. The van der Waals surface area contributed by atoms with Crippen LogP contribution in [0.5, 0.6) is 0 Å². The van der Waals surface area contributed by atoms with E-state index < -0.39 is 5.69 Å². The van der Waals surface area contributed by atoms with Crippen molar-refractivity contribution in [1.29, 1.82) is 0 Å². The molecule has 0 aliphatic heterocycles. The molecule has 1 aromatic rings. The van der Waals surface area contributed by atoms with Crippen LogP contribution < -0.4 is 16.3 Å². The van der Waals surface area contributed by atoms with Gasteiger partial charge < -0.3 is 4.90 Å². The zero-order chi connectivity index (χ0) is 12.9. The molecule has 0 radical (unpaired) electrons. The van der Waals surface area contributed by atoms with Gasteiger partial charge >= 0.3 is 11.4 Å². The van der Waals surface area contributed by atoms with Gasteiger partial charge in [-0.05, 0) is 31.1 Å². The van der Waals surface area contributed by atoms with Crippen molar-refractivity contribution in [2.75, 3.05) is 19.0 Å². The minimum absolute atomic E-state index is 0.0590.